The molecule has 0 atom stereocenters. The highest BCUT2D eigenvalue weighted by molar-refractivity contribution is 7.90. The van der Waals surface area contributed by atoms with Gasteiger partial charge in [-0.15, -0.1) is 11.3 Å². The molecule has 202 valence electrons. The molecule has 2 N–H and O–H groups in total. The van der Waals surface area contributed by atoms with Gasteiger partial charge in [0.1, 0.15) is 10.8 Å². The molecule has 0 unspecified atom stereocenters. The lowest BCUT2D eigenvalue weighted by Gasteiger charge is -2.13. The van der Waals surface area contributed by atoms with Gasteiger partial charge < -0.3 is 15.1 Å². The van der Waals surface area contributed by atoms with E-state index in [9.17, 15) is 18.0 Å². The van der Waals surface area contributed by atoms with E-state index in [1.165, 1.54) is 17.6 Å². The van der Waals surface area contributed by atoms with E-state index < -0.39 is 20.9 Å². The molecule has 3 heterocycles. The minimum atomic E-state index is -3.96. The summed E-state index contributed by atoms with van der Waals surface area (Å²) in [4.78, 5) is 35.5. The first-order valence-corrected chi connectivity index (χ1v) is 15.1. The van der Waals surface area contributed by atoms with E-state index in [4.69, 9.17) is 16.0 Å². The van der Waals surface area contributed by atoms with Gasteiger partial charge in [0.05, 0.1) is 35.3 Å². The Labute approximate surface area is 234 Å². The predicted molar refractivity (Wildman–Crippen MR) is 148 cm³/mol. The van der Waals surface area contributed by atoms with Crippen LogP contribution in [0.5, 0.6) is 0 Å². The standard InChI is InChI=1S/C27H25ClN4O5S2/c1-16-6-4-7-17(12-16)15-39(35,36)27-30-14-20(28)23(31-27)25(34)32-26-22(19-9-2-3-10-21(19)38-26)24(33)29-13-18-8-5-11-37-18/h4-8,11-12,14H,2-3,9-10,13,15H2,1H3,(H,29,33)(H,32,34). The minimum Gasteiger partial charge on any atom is -0.467 e. The van der Waals surface area contributed by atoms with Crippen LogP contribution >= 0.6 is 22.9 Å². The predicted octanol–water partition coefficient (Wildman–Crippen LogP) is 5.13. The van der Waals surface area contributed by atoms with Crippen molar-refractivity contribution in [3.05, 3.63) is 92.5 Å². The third-order valence-corrected chi connectivity index (χ3v) is 9.23. The van der Waals surface area contributed by atoms with E-state index in [-0.39, 0.29) is 28.9 Å². The highest BCUT2D eigenvalue weighted by Gasteiger charge is 2.28. The Kier molecular flexibility index (Phi) is 7.83. The molecule has 1 aliphatic carbocycles. The number of nitrogens with one attached hydrogen (secondary N) is 2. The molecule has 39 heavy (non-hydrogen) atoms. The first-order valence-electron chi connectivity index (χ1n) is 12.3. The van der Waals surface area contributed by atoms with Gasteiger partial charge >= 0.3 is 0 Å². The summed E-state index contributed by atoms with van der Waals surface area (Å²) in [5, 5.41) is 5.37. The molecule has 0 aliphatic heterocycles. The molecule has 3 aromatic heterocycles. The Morgan fingerprint density at radius 1 is 1.13 bits per heavy atom. The van der Waals surface area contributed by atoms with Crippen molar-refractivity contribution in [2.24, 2.45) is 0 Å². The van der Waals surface area contributed by atoms with Gasteiger partial charge in [0, 0.05) is 4.88 Å². The minimum absolute atomic E-state index is 0.104. The maximum Gasteiger partial charge on any atom is 0.276 e. The highest BCUT2D eigenvalue weighted by atomic mass is 35.5. The fourth-order valence-electron chi connectivity index (χ4n) is 4.47. The smallest absolute Gasteiger partial charge is 0.276 e. The van der Waals surface area contributed by atoms with Gasteiger partial charge in [0.15, 0.2) is 5.69 Å². The summed E-state index contributed by atoms with van der Waals surface area (Å²) in [7, 11) is -3.96. The second-order valence-corrected chi connectivity index (χ2v) is 12.6. The highest BCUT2D eigenvalue weighted by Crippen LogP contribution is 2.38. The number of carbonyl (C=O) groups excluding carboxylic acids is 2. The van der Waals surface area contributed by atoms with Gasteiger partial charge in [0.25, 0.3) is 11.8 Å². The summed E-state index contributed by atoms with van der Waals surface area (Å²) in [5.74, 6) is -0.788. The zero-order chi connectivity index (χ0) is 27.6. The normalized spacial score (nSPS) is 13.1. The molecule has 0 saturated heterocycles. The fraction of sp³-hybridized carbons (Fsp3) is 0.259. The van der Waals surface area contributed by atoms with E-state index in [1.807, 2.05) is 13.0 Å². The number of aromatic nitrogens is 2. The zero-order valence-electron chi connectivity index (χ0n) is 21.0. The average molecular weight is 585 g/mol. The number of amides is 2. The molecule has 12 heteroatoms. The quantitative estimate of drug-likeness (QED) is 0.274. The van der Waals surface area contributed by atoms with Crippen LogP contribution < -0.4 is 10.6 Å². The number of halogens is 1. The summed E-state index contributed by atoms with van der Waals surface area (Å²) in [6.07, 6.45) is 6.10. The van der Waals surface area contributed by atoms with Gasteiger partial charge in [-0.3, -0.25) is 9.59 Å². The molecule has 1 aliphatic rings. The molecular weight excluding hydrogens is 560 g/mol. The lowest BCUT2D eigenvalue weighted by molar-refractivity contribution is 0.0948. The number of rotatable bonds is 8. The lowest BCUT2D eigenvalue weighted by atomic mass is 9.95. The van der Waals surface area contributed by atoms with Crippen LogP contribution in [0.4, 0.5) is 5.00 Å². The topological polar surface area (TPSA) is 131 Å². The van der Waals surface area contributed by atoms with Crippen LogP contribution in [0.3, 0.4) is 0 Å². The summed E-state index contributed by atoms with van der Waals surface area (Å²) >= 11 is 7.57. The number of anilines is 1. The number of carbonyl (C=O) groups is 2. The molecule has 2 amide bonds. The SMILES string of the molecule is Cc1cccc(CS(=O)(=O)c2ncc(Cl)c(C(=O)Nc3sc4c(c3C(=O)NCc3ccco3)CCCC4)n2)c1. The van der Waals surface area contributed by atoms with Crippen molar-refractivity contribution in [1.29, 1.82) is 0 Å². The van der Waals surface area contributed by atoms with Gasteiger partial charge in [-0.25, -0.2) is 18.4 Å². The van der Waals surface area contributed by atoms with Crippen LogP contribution in [0.25, 0.3) is 0 Å². The van der Waals surface area contributed by atoms with E-state index >= 15 is 0 Å². The van der Waals surface area contributed by atoms with Crippen molar-refractivity contribution in [3.63, 3.8) is 0 Å². The Balaban J connectivity index is 1.41. The molecule has 0 radical (unpaired) electrons. The molecule has 0 bridgehead atoms. The summed E-state index contributed by atoms with van der Waals surface area (Å²) in [5.41, 5.74) is 2.51. The summed E-state index contributed by atoms with van der Waals surface area (Å²) < 4.78 is 31.4. The number of aryl methyl sites for hydroxylation is 2. The number of thiophene rings is 1. The Morgan fingerprint density at radius 3 is 2.72 bits per heavy atom. The maximum absolute atomic E-state index is 13.3. The van der Waals surface area contributed by atoms with Crippen LogP contribution in [0, 0.1) is 6.92 Å². The number of hydrogen-bond donors (Lipinski definition) is 2. The average Bonchev–Trinajstić information content (AvgIpc) is 3.55. The van der Waals surface area contributed by atoms with Crippen LogP contribution in [-0.4, -0.2) is 30.2 Å². The third kappa shape index (κ3) is 6.05. The number of fused-ring (bicyclic) bond motifs is 1. The van der Waals surface area contributed by atoms with Crippen molar-refractivity contribution in [2.75, 3.05) is 5.32 Å². The van der Waals surface area contributed by atoms with Gasteiger partial charge in [-0.2, -0.15) is 0 Å². The molecule has 5 rings (SSSR count). The van der Waals surface area contributed by atoms with Gasteiger partial charge in [-0.1, -0.05) is 41.4 Å². The van der Waals surface area contributed by atoms with Crippen molar-refractivity contribution in [1.82, 2.24) is 15.3 Å². The fourth-order valence-corrected chi connectivity index (χ4v) is 7.12. The van der Waals surface area contributed by atoms with E-state index in [0.29, 0.717) is 21.9 Å². The van der Waals surface area contributed by atoms with E-state index in [0.717, 1.165) is 47.9 Å². The van der Waals surface area contributed by atoms with Gasteiger partial charge in [-0.05, 0) is 55.9 Å². The Hall–Kier alpha value is -3.54. The van der Waals surface area contributed by atoms with E-state index in [2.05, 4.69) is 20.6 Å². The van der Waals surface area contributed by atoms with Crippen molar-refractivity contribution >= 4 is 49.6 Å². The largest absolute Gasteiger partial charge is 0.467 e. The number of nitrogens with zero attached hydrogens (tertiary/aromatic N) is 2. The number of benzene rings is 1. The molecule has 4 aromatic rings. The first-order chi connectivity index (χ1) is 18.7. The van der Waals surface area contributed by atoms with E-state index in [1.54, 1.807) is 30.3 Å². The molecular formula is C27H25ClN4O5S2. The van der Waals surface area contributed by atoms with Crippen LogP contribution in [0.15, 0.2) is 58.4 Å². The monoisotopic (exact) mass is 584 g/mol. The van der Waals surface area contributed by atoms with Crippen molar-refractivity contribution in [2.45, 2.75) is 50.1 Å². The molecule has 0 fully saturated rings. The first kappa shape index (κ1) is 27.0. The van der Waals surface area contributed by atoms with Crippen LogP contribution in [0.1, 0.15) is 61.0 Å². The number of furan rings is 1. The second kappa shape index (κ2) is 11.3. The Bertz CT molecular complexity index is 1650. The lowest BCUT2D eigenvalue weighted by Crippen LogP contribution is -2.25. The van der Waals surface area contributed by atoms with Gasteiger partial charge in [0.2, 0.25) is 15.0 Å². The molecule has 0 spiro atoms. The Morgan fingerprint density at radius 2 is 1.95 bits per heavy atom. The zero-order valence-corrected chi connectivity index (χ0v) is 23.4. The van der Waals surface area contributed by atoms with Crippen LogP contribution in [-0.2, 0) is 35.0 Å². The number of hydrogen-bond acceptors (Lipinski definition) is 8. The molecule has 0 saturated carbocycles. The van der Waals surface area contributed by atoms with Crippen molar-refractivity contribution in [3.8, 4) is 0 Å². The third-order valence-electron chi connectivity index (χ3n) is 6.28. The maximum atomic E-state index is 13.3. The molecule has 1 aromatic carbocycles. The second-order valence-electron chi connectivity index (χ2n) is 9.23. The molecule has 9 nitrogen and oxygen atoms in total. The number of sulfone groups is 1. The summed E-state index contributed by atoms with van der Waals surface area (Å²) in [6.45, 7) is 2.06. The summed E-state index contributed by atoms with van der Waals surface area (Å²) in [6, 6.07) is 10.6. The van der Waals surface area contributed by atoms with Crippen molar-refractivity contribution < 1.29 is 22.4 Å². The van der Waals surface area contributed by atoms with Crippen LogP contribution in [0.2, 0.25) is 5.02 Å².